The van der Waals surface area contributed by atoms with Gasteiger partial charge in [0.25, 0.3) is 0 Å². The molecule has 8 heteroatoms. The van der Waals surface area contributed by atoms with Crippen LogP contribution in [0.4, 0.5) is 10.8 Å². The first-order valence-electron chi connectivity index (χ1n) is 9.93. The highest BCUT2D eigenvalue weighted by molar-refractivity contribution is 7.14. The first kappa shape index (κ1) is 22.0. The zero-order chi connectivity index (χ0) is 23.0. The molecule has 6 nitrogen and oxygen atoms in total. The molecule has 0 bridgehead atoms. The van der Waals surface area contributed by atoms with Crippen LogP contribution in [0.2, 0.25) is 5.02 Å². The summed E-state index contributed by atoms with van der Waals surface area (Å²) in [5.74, 6) is -0.589. The van der Waals surface area contributed by atoms with Crippen molar-refractivity contribution < 1.29 is 18.7 Å². The molecule has 32 heavy (non-hydrogen) atoms. The molecule has 0 N–H and O–H groups in total. The van der Waals surface area contributed by atoms with E-state index in [9.17, 15) is 9.59 Å². The third-order valence-electron chi connectivity index (χ3n) is 5.30. The van der Waals surface area contributed by atoms with E-state index < -0.39 is 5.97 Å². The van der Waals surface area contributed by atoms with Gasteiger partial charge in [-0.1, -0.05) is 23.7 Å². The van der Waals surface area contributed by atoms with E-state index in [0.717, 1.165) is 22.2 Å². The lowest BCUT2D eigenvalue weighted by Crippen LogP contribution is -2.23. The lowest BCUT2D eigenvalue weighted by Gasteiger charge is -2.21. The van der Waals surface area contributed by atoms with Crippen LogP contribution in [0.1, 0.15) is 39.9 Å². The third kappa shape index (κ3) is 4.13. The molecule has 0 aliphatic carbocycles. The number of hydrogen-bond donors (Lipinski definition) is 0. The summed E-state index contributed by atoms with van der Waals surface area (Å²) in [6.07, 6.45) is 0. The number of rotatable bonds is 5. The average Bonchev–Trinajstić information content (AvgIpc) is 3.34. The predicted molar refractivity (Wildman–Crippen MR) is 126 cm³/mol. The van der Waals surface area contributed by atoms with E-state index in [1.165, 1.54) is 18.3 Å². The summed E-state index contributed by atoms with van der Waals surface area (Å²) in [7, 11) is 0. The average molecular weight is 469 g/mol. The van der Waals surface area contributed by atoms with E-state index in [0.29, 0.717) is 27.0 Å². The van der Waals surface area contributed by atoms with Crippen LogP contribution in [-0.2, 0) is 16.1 Å². The minimum atomic E-state index is -0.581. The summed E-state index contributed by atoms with van der Waals surface area (Å²) < 4.78 is 11.1. The number of nitrogens with zero attached hydrogens (tertiary/aromatic N) is 2. The van der Waals surface area contributed by atoms with Crippen LogP contribution in [0.3, 0.4) is 0 Å². The van der Waals surface area contributed by atoms with Gasteiger partial charge in [0.05, 0.1) is 11.4 Å². The minimum absolute atomic E-state index is 0.0366. The van der Waals surface area contributed by atoms with Crippen LogP contribution in [0.15, 0.2) is 46.2 Å². The highest BCUT2D eigenvalue weighted by atomic mass is 35.5. The van der Waals surface area contributed by atoms with Crippen molar-refractivity contribution in [2.75, 3.05) is 4.90 Å². The molecule has 164 valence electrons. The Balaban J connectivity index is 1.53. The molecule has 0 radical (unpaired) electrons. The molecule has 0 saturated heterocycles. The van der Waals surface area contributed by atoms with E-state index in [1.807, 2.05) is 32.0 Å². The number of aryl methyl sites for hydroxylation is 2. The lowest BCUT2D eigenvalue weighted by atomic mass is 10.1. The van der Waals surface area contributed by atoms with Crippen molar-refractivity contribution >= 4 is 56.6 Å². The van der Waals surface area contributed by atoms with Crippen LogP contribution in [0, 0.1) is 20.8 Å². The second-order valence-corrected chi connectivity index (χ2v) is 8.74. The Morgan fingerprint density at radius 1 is 1.16 bits per heavy atom. The van der Waals surface area contributed by atoms with E-state index in [-0.39, 0.29) is 18.3 Å². The van der Waals surface area contributed by atoms with Gasteiger partial charge >= 0.3 is 5.97 Å². The summed E-state index contributed by atoms with van der Waals surface area (Å²) in [5.41, 5.74) is 4.66. The molecule has 0 atom stereocenters. The van der Waals surface area contributed by atoms with Crippen LogP contribution < -0.4 is 4.90 Å². The van der Waals surface area contributed by atoms with E-state index in [4.69, 9.17) is 20.8 Å². The molecular formula is C24H21ClN2O4S. The van der Waals surface area contributed by atoms with Crippen LogP contribution in [0.25, 0.3) is 11.0 Å². The Kier molecular flexibility index (Phi) is 6.04. The number of thiazole rings is 1. The van der Waals surface area contributed by atoms with Gasteiger partial charge in [-0.2, -0.15) is 0 Å². The van der Waals surface area contributed by atoms with Crippen LogP contribution in [-0.4, -0.2) is 16.9 Å². The Bertz CT molecular complexity index is 1340. The summed E-state index contributed by atoms with van der Waals surface area (Å²) in [6, 6.07) is 11.0. The quantitative estimate of drug-likeness (QED) is 0.312. The van der Waals surface area contributed by atoms with Gasteiger partial charge in [0.15, 0.2) is 5.13 Å². The van der Waals surface area contributed by atoms with Gasteiger partial charge < -0.3 is 9.15 Å². The number of aromatic nitrogens is 1. The number of hydrogen-bond acceptors (Lipinski definition) is 6. The number of halogens is 1. The topological polar surface area (TPSA) is 72.6 Å². The van der Waals surface area contributed by atoms with Crippen LogP contribution in [0.5, 0.6) is 0 Å². The van der Waals surface area contributed by atoms with Crippen molar-refractivity contribution in [3.05, 3.63) is 74.9 Å². The fourth-order valence-corrected chi connectivity index (χ4v) is 4.48. The van der Waals surface area contributed by atoms with Gasteiger partial charge in [0.2, 0.25) is 11.7 Å². The monoisotopic (exact) mass is 468 g/mol. The number of amides is 1. The van der Waals surface area contributed by atoms with Crippen molar-refractivity contribution in [3.8, 4) is 0 Å². The molecule has 0 saturated carbocycles. The zero-order valence-electron chi connectivity index (χ0n) is 18.1. The van der Waals surface area contributed by atoms with Gasteiger partial charge in [-0.15, -0.1) is 11.3 Å². The first-order chi connectivity index (χ1) is 15.3. The molecule has 0 aliphatic rings. The normalized spacial score (nSPS) is 11.0. The second-order valence-electron chi connectivity index (χ2n) is 7.47. The van der Waals surface area contributed by atoms with Gasteiger partial charge in [0.1, 0.15) is 12.2 Å². The van der Waals surface area contributed by atoms with Gasteiger partial charge in [0, 0.05) is 28.3 Å². The maximum atomic E-state index is 12.6. The lowest BCUT2D eigenvalue weighted by molar-refractivity contribution is -0.115. The summed E-state index contributed by atoms with van der Waals surface area (Å²) in [5, 5.41) is 3.63. The largest absolute Gasteiger partial charge is 0.453 e. The number of esters is 1. The van der Waals surface area contributed by atoms with Crippen molar-refractivity contribution in [3.63, 3.8) is 0 Å². The van der Waals surface area contributed by atoms with Crippen molar-refractivity contribution in [2.45, 2.75) is 34.3 Å². The van der Waals surface area contributed by atoms with E-state index in [1.54, 1.807) is 35.4 Å². The Hall–Kier alpha value is -3.16. The molecular weight excluding hydrogens is 448 g/mol. The third-order valence-corrected chi connectivity index (χ3v) is 6.41. The number of benzene rings is 2. The zero-order valence-corrected chi connectivity index (χ0v) is 19.6. The van der Waals surface area contributed by atoms with Gasteiger partial charge in [-0.05, 0) is 56.2 Å². The maximum absolute atomic E-state index is 12.6. The number of furan rings is 1. The highest BCUT2D eigenvalue weighted by Crippen LogP contribution is 2.33. The molecule has 0 spiro atoms. The summed E-state index contributed by atoms with van der Waals surface area (Å²) in [4.78, 5) is 31.1. The SMILES string of the molecule is CC(=O)N(c1nc(COC(=O)c2oc3ccc(Cl)cc3c2C)cs1)c1cccc(C)c1C. The fraction of sp³-hybridized carbons (Fsp3) is 0.208. The summed E-state index contributed by atoms with van der Waals surface area (Å²) in [6.45, 7) is 7.22. The predicted octanol–water partition coefficient (Wildman–Crippen LogP) is 6.51. The maximum Gasteiger partial charge on any atom is 0.374 e. The smallest absolute Gasteiger partial charge is 0.374 e. The number of fused-ring (bicyclic) bond motifs is 1. The number of carbonyl (C=O) groups excluding carboxylic acids is 2. The molecule has 4 rings (SSSR count). The Morgan fingerprint density at radius 3 is 2.69 bits per heavy atom. The number of carbonyl (C=O) groups is 2. The van der Waals surface area contributed by atoms with Crippen molar-refractivity contribution in [1.82, 2.24) is 4.98 Å². The van der Waals surface area contributed by atoms with E-state index in [2.05, 4.69) is 4.98 Å². The van der Waals surface area contributed by atoms with Crippen LogP contribution >= 0.6 is 22.9 Å². The second kappa shape index (κ2) is 8.76. The Labute approximate surface area is 194 Å². The molecule has 0 unspecified atom stereocenters. The molecule has 0 aliphatic heterocycles. The minimum Gasteiger partial charge on any atom is -0.453 e. The highest BCUT2D eigenvalue weighted by Gasteiger charge is 2.22. The number of ether oxygens (including phenoxy) is 1. The van der Waals surface area contributed by atoms with Crippen molar-refractivity contribution in [1.29, 1.82) is 0 Å². The summed E-state index contributed by atoms with van der Waals surface area (Å²) >= 11 is 7.36. The number of anilines is 2. The molecule has 2 heterocycles. The molecule has 0 fully saturated rings. The van der Waals surface area contributed by atoms with Crippen molar-refractivity contribution in [2.24, 2.45) is 0 Å². The fourth-order valence-electron chi connectivity index (χ4n) is 3.44. The molecule has 2 aromatic heterocycles. The van der Waals surface area contributed by atoms with E-state index >= 15 is 0 Å². The molecule has 4 aromatic rings. The standard InChI is InChI=1S/C24H21ClN2O4S/c1-13-6-5-7-20(14(13)2)27(16(4)28)24-26-18(12-32-24)11-30-23(29)22-15(3)19-10-17(25)8-9-21(19)31-22/h5-10,12H,11H2,1-4H3. The van der Waals surface area contributed by atoms with Gasteiger partial charge in [-0.25, -0.2) is 9.78 Å². The van der Waals surface area contributed by atoms with Gasteiger partial charge in [-0.3, -0.25) is 9.69 Å². The molecule has 1 amide bonds. The molecule has 2 aromatic carbocycles. The Morgan fingerprint density at radius 2 is 1.94 bits per heavy atom. The first-order valence-corrected chi connectivity index (χ1v) is 11.2.